The Kier molecular flexibility index (Phi) is 7.82. The predicted octanol–water partition coefficient (Wildman–Crippen LogP) is 4.14. The molecule has 1 fully saturated rings. The summed E-state index contributed by atoms with van der Waals surface area (Å²) in [5.74, 6) is -0.260. The van der Waals surface area contributed by atoms with E-state index in [2.05, 4.69) is 15.3 Å². The molecule has 2 heterocycles. The summed E-state index contributed by atoms with van der Waals surface area (Å²) in [4.78, 5) is 8.79. The number of nitrogens with zero attached hydrogens (tertiary/aromatic N) is 2. The normalized spacial score (nSPS) is 20.5. The number of hydrogen-bond acceptors (Lipinski definition) is 6. The van der Waals surface area contributed by atoms with Crippen LogP contribution in [0.3, 0.4) is 0 Å². The number of fused-ring (bicyclic) bond motifs is 1. The summed E-state index contributed by atoms with van der Waals surface area (Å²) in [6, 6.07) is 8.63. The molecule has 6 nitrogen and oxygen atoms in total. The molecule has 1 aliphatic rings. The summed E-state index contributed by atoms with van der Waals surface area (Å²) in [7, 11) is 1.55. The highest BCUT2D eigenvalue weighted by atomic mass is 19.1. The van der Waals surface area contributed by atoms with Crippen molar-refractivity contribution in [3.8, 4) is 5.88 Å². The first kappa shape index (κ1) is 24.2. The van der Waals surface area contributed by atoms with Crippen LogP contribution in [-0.4, -0.2) is 40.8 Å². The Morgan fingerprint density at radius 2 is 1.97 bits per heavy atom. The second kappa shape index (κ2) is 11.0. The van der Waals surface area contributed by atoms with Gasteiger partial charge in [0.05, 0.1) is 24.2 Å². The molecule has 4 rings (SSSR count). The van der Waals surface area contributed by atoms with Crippen molar-refractivity contribution in [2.24, 2.45) is 11.7 Å². The van der Waals surface area contributed by atoms with Crippen molar-refractivity contribution >= 4 is 17.1 Å². The lowest BCUT2D eigenvalue weighted by atomic mass is 9.79. The van der Waals surface area contributed by atoms with E-state index in [1.165, 1.54) is 6.07 Å². The van der Waals surface area contributed by atoms with E-state index in [9.17, 15) is 13.9 Å². The average molecular weight is 469 g/mol. The van der Waals surface area contributed by atoms with E-state index < -0.39 is 23.8 Å². The minimum absolute atomic E-state index is 0.179. The highest BCUT2D eigenvalue weighted by Crippen LogP contribution is 2.33. The molecule has 2 aromatic heterocycles. The van der Waals surface area contributed by atoms with Crippen LogP contribution in [0, 0.1) is 17.6 Å². The summed E-state index contributed by atoms with van der Waals surface area (Å²) >= 11 is 0. The summed E-state index contributed by atoms with van der Waals surface area (Å²) in [5, 5.41) is 14.5. The van der Waals surface area contributed by atoms with Gasteiger partial charge in [-0.05, 0) is 61.9 Å². The monoisotopic (exact) mass is 468 g/mol. The number of aliphatic hydroxyl groups is 1. The van der Waals surface area contributed by atoms with Crippen molar-refractivity contribution in [1.29, 1.82) is 0 Å². The molecule has 180 valence electrons. The van der Waals surface area contributed by atoms with Crippen LogP contribution in [0.2, 0.25) is 0 Å². The molecular weight excluding hydrogens is 438 g/mol. The van der Waals surface area contributed by atoms with Gasteiger partial charge in [0.15, 0.2) is 0 Å². The topological polar surface area (TPSA) is 93.3 Å². The van der Waals surface area contributed by atoms with Gasteiger partial charge in [0.1, 0.15) is 11.6 Å². The van der Waals surface area contributed by atoms with Crippen LogP contribution in [0.15, 0.2) is 48.7 Å². The highest BCUT2D eigenvalue weighted by Gasteiger charge is 2.31. The zero-order valence-electron chi connectivity index (χ0n) is 19.1. The van der Waals surface area contributed by atoms with Gasteiger partial charge in [-0.3, -0.25) is 4.98 Å². The molecular formula is C26H30F2N4O2. The lowest BCUT2D eigenvalue weighted by molar-refractivity contribution is 0.101. The minimum Gasteiger partial charge on any atom is -0.481 e. The van der Waals surface area contributed by atoms with E-state index >= 15 is 0 Å². The maximum absolute atomic E-state index is 13.7. The first-order valence-electron chi connectivity index (χ1n) is 11.5. The fourth-order valence-electron chi connectivity index (χ4n) is 4.62. The molecule has 34 heavy (non-hydrogen) atoms. The van der Waals surface area contributed by atoms with E-state index in [1.807, 2.05) is 6.07 Å². The summed E-state index contributed by atoms with van der Waals surface area (Å²) in [6.45, 7) is 0.566. The number of ether oxygens (including phenoxy) is 1. The number of aliphatic hydroxyl groups excluding tert-OH is 1. The van der Waals surface area contributed by atoms with Crippen LogP contribution < -0.4 is 15.8 Å². The minimum atomic E-state index is -0.858. The summed E-state index contributed by atoms with van der Waals surface area (Å²) in [6.07, 6.45) is 7.82. The van der Waals surface area contributed by atoms with Crippen LogP contribution in [0.4, 0.5) is 8.78 Å². The number of nitrogens with two attached hydrogens (primary N) is 1. The molecule has 0 aliphatic heterocycles. The second-order valence-electron chi connectivity index (χ2n) is 8.73. The molecule has 2 atom stereocenters. The Labute approximate surface area is 197 Å². The molecule has 1 aliphatic carbocycles. The molecule has 0 spiro atoms. The van der Waals surface area contributed by atoms with Gasteiger partial charge >= 0.3 is 0 Å². The smallest absolute Gasteiger partial charge is 0.213 e. The van der Waals surface area contributed by atoms with Gasteiger partial charge in [0.2, 0.25) is 5.88 Å². The van der Waals surface area contributed by atoms with Gasteiger partial charge in [0.25, 0.3) is 0 Å². The van der Waals surface area contributed by atoms with Gasteiger partial charge < -0.3 is 20.9 Å². The zero-order valence-corrected chi connectivity index (χ0v) is 19.1. The van der Waals surface area contributed by atoms with Crippen molar-refractivity contribution in [1.82, 2.24) is 15.3 Å². The van der Waals surface area contributed by atoms with Crippen LogP contribution in [0.25, 0.3) is 17.1 Å². The third kappa shape index (κ3) is 5.58. The molecule has 0 unspecified atom stereocenters. The van der Waals surface area contributed by atoms with E-state index in [0.717, 1.165) is 37.8 Å². The summed E-state index contributed by atoms with van der Waals surface area (Å²) in [5.41, 5.74) is 8.69. The lowest BCUT2D eigenvalue weighted by Crippen LogP contribution is -2.41. The Morgan fingerprint density at radius 1 is 1.18 bits per heavy atom. The van der Waals surface area contributed by atoms with Gasteiger partial charge in [-0.15, -0.1) is 0 Å². The van der Waals surface area contributed by atoms with Gasteiger partial charge in [-0.25, -0.2) is 13.8 Å². The molecule has 0 saturated heterocycles. The van der Waals surface area contributed by atoms with E-state index in [4.69, 9.17) is 10.5 Å². The SMILES string of the molecule is COc1ccc2nccc([C@@H](O)[C@H](N)C3CCC(NCC=Cc4cc(F)ccc4F)CC3)c2n1. The van der Waals surface area contributed by atoms with Crippen molar-refractivity contribution in [2.45, 2.75) is 43.9 Å². The third-order valence-corrected chi connectivity index (χ3v) is 6.58. The Hall–Kier alpha value is -2.94. The van der Waals surface area contributed by atoms with Crippen LogP contribution in [0.5, 0.6) is 5.88 Å². The van der Waals surface area contributed by atoms with Crippen LogP contribution in [-0.2, 0) is 0 Å². The molecule has 0 radical (unpaired) electrons. The van der Waals surface area contributed by atoms with Crippen molar-refractivity contribution in [3.05, 3.63) is 71.4 Å². The molecule has 3 aromatic rings. The van der Waals surface area contributed by atoms with E-state index in [-0.39, 0.29) is 11.5 Å². The number of nitrogens with one attached hydrogen (secondary N) is 1. The van der Waals surface area contributed by atoms with Crippen molar-refractivity contribution in [3.63, 3.8) is 0 Å². The van der Waals surface area contributed by atoms with Crippen molar-refractivity contribution < 1.29 is 18.6 Å². The molecule has 0 bridgehead atoms. The number of pyridine rings is 2. The first-order chi connectivity index (χ1) is 16.5. The lowest BCUT2D eigenvalue weighted by Gasteiger charge is -2.34. The maximum atomic E-state index is 13.7. The van der Waals surface area contributed by atoms with E-state index in [1.54, 1.807) is 37.6 Å². The fraction of sp³-hybridized carbons (Fsp3) is 0.385. The van der Waals surface area contributed by atoms with Crippen molar-refractivity contribution in [2.75, 3.05) is 13.7 Å². The number of halogens is 2. The Bertz CT molecular complexity index is 1150. The van der Waals surface area contributed by atoms with E-state index in [0.29, 0.717) is 35.1 Å². The number of hydrogen-bond donors (Lipinski definition) is 3. The van der Waals surface area contributed by atoms with Crippen LogP contribution >= 0.6 is 0 Å². The largest absolute Gasteiger partial charge is 0.481 e. The standard InChI is InChI=1S/C26H30F2N4O2/c1-34-23-11-10-22-25(32-23)20(12-14-31-22)26(33)24(29)16-4-7-19(8-5-16)30-13-2-3-17-15-18(27)6-9-21(17)28/h2-3,6,9-12,14-16,19,24,26,30,33H,4-5,7-8,13,29H2,1H3/t16?,19?,24-,26-/m1/s1. The molecule has 0 amide bonds. The number of rotatable bonds is 8. The predicted molar refractivity (Wildman–Crippen MR) is 128 cm³/mol. The van der Waals surface area contributed by atoms with Gasteiger partial charge in [-0.2, -0.15) is 0 Å². The number of aromatic nitrogens is 2. The molecule has 1 aromatic carbocycles. The first-order valence-corrected chi connectivity index (χ1v) is 11.5. The average Bonchev–Trinajstić information content (AvgIpc) is 2.87. The quantitative estimate of drug-likeness (QED) is 0.460. The number of methoxy groups -OCH3 is 1. The maximum Gasteiger partial charge on any atom is 0.213 e. The molecule has 4 N–H and O–H groups in total. The Balaban J connectivity index is 1.31. The third-order valence-electron chi connectivity index (χ3n) is 6.58. The van der Waals surface area contributed by atoms with Crippen LogP contribution in [0.1, 0.15) is 42.9 Å². The van der Waals surface area contributed by atoms with Gasteiger partial charge in [-0.1, -0.05) is 12.2 Å². The van der Waals surface area contributed by atoms with Gasteiger partial charge in [0, 0.05) is 42.0 Å². The molecule has 1 saturated carbocycles. The summed E-state index contributed by atoms with van der Waals surface area (Å²) < 4.78 is 32.2. The molecule has 8 heteroatoms. The zero-order chi connectivity index (χ0) is 24.1. The highest BCUT2D eigenvalue weighted by molar-refractivity contribution is 5.78. The second-order valence-corrected chi connectivity index (χ2v) is 8.73. The fourth-order valence-corrected chi connectivity index (χ4v) is 4.62. The Morgan fingerprint density at radius 3 is 2.74 bits per heavy atom. The number of benzene rings is 1.